The smallest absolute Gasteiger partial charge is 0.0563 e. The Balaban J connectivity index is 2.85. The summed E-state index contributed by atoms with van der Waals surface area (Å²) in [7, 11) is 0. The SMILES string of the molecule is CCC(C)N=C=C(C)c1ccccc1. The van der Waals surface area contributed by atoms with Crippen LogP contribution in [-0.4, -0.2) is 11.9 Å². The summed E-state index contributed by atoms with van der Waals surface area (Å²) in [4.78, 5) is 4.33. The highest BCUT2D eigenvalue weighted by Gasteiger charge is 1.93. The maximum absolute atomic E-state index is 4.33. The van der Waals surface area contributed by atoms with Crippen molar-refractivity contribution in [2.75, 3.05) is 0 Å². The topological polar surface area (TPSA) is 12.4 Å². The predicted molar refractivity (Wildman–Crippen MR) is 62.7 cm³/mol. The lowest BCUT2D eigenvalue weighted by Crippen LogP contribution is -1.92. The Labute approximate surface area is 86.2 Å². The molecule has 14 heavy (non-hydrogen) atoms. The molecule has 0 saturated carbocycles. The van der Waals surface area contributed by atoms with Crippen molar-refractivity contribution in [3.05, 3.63) is 35.9 Å². The summed E-state index contributed by atoms with van der Waals surface area (Å²) in [6.45, 7) is 6.28. The van der Waals surface area contributed by atoms with Crippen LogP contribution in [0.3, 0.4) is 0 Å². The average Bonchev–Trinajstić information content (AvgIpc) is 2.26. The highest BCUT2D eigenvalue weighted by Crippen LogP contribution is 2.09. The first-order valence-corrected chi connectivity index (χ1v) is 5.09. The van der Waals surface area contributed by atoms with Gasteiger partial charge in [0.2, 0.25) is 0 Å². The molecule has 0 N–H and O–H groups in total. The molecule has 0 aliphatic carbocycles. The lowest BCUT2D eigenvalue weighted by molar-refractivity contribution is 0.721. The van der Waals surface area contributed by atoms with Crippen molar-refractivity contribution >= 4 is 11.4 Å². The van der Waals surface area contributed by atoms with Crippen LogP contribution >= 0.6 is 0 Å². The molecule has 1 aromatic carbocycles. The Bertz CT molecular complexity index is 332. The van der Waals surface area contributed by atoms with E-state index in [0.29, 0.717) is 6.04 Å². The summed E-state index contributed by atoms with van der Waals surface area (Å²) >= 11 is 0. The fraction of sp³-hybridized carbons (Fsp3) is 0.385. The Morgan fingerprint density at radius 1 is 1.36 bits per heavy atom. The number of hydrogen-bond donors (Lipinski definition) is 0. The summed E-state index contributed by atoms with van der Waals surface area (Å²) in [5, 5.41) is 0. The summed E-state index contributed by atoms with van der Waals surface area (Å²) in [5.74, 6) is 3.09. The molecular weight excluding hydrogens is 170 g/mol. The van der Waals surface area contributed by atoms with E-state index in [1.807, 2.05) is 25.1 Å². The van der Waals surface area contributed by atoms with Gasteiger partial charge in [-0.1, -0.05) is 37.3 Å². The Kier molecular flexibility index (Phi) is 4.15. The van der Waals surface area contributed by atoms with E-state index in [1.165, 1.54) is 5.56 Å². The van der Waals surface area contributed by atoms with E-state index in [0.717, 1.165) is 12.0 Å². The van der Waals surface area contributed by atoms with E-state index >= 15 is 0 Å². The largest absolute Gasteiger partial charge is 0.240 e. The van der Waals surface area contributed by atoms with Gasteiger partial charge < -0.3 is 0 Å². The Morgan fingerprint density at radius 2 is 2.00 bits per heavy atom. The molecule has 0 aliphatic rings. The maximum Gasteiger partial charge on any atom is 0.0563 e. The third-order valence-corrected chi connectivity index (χ3v) is 2.25. The van der Waals surface area contributed by atoms with Gasteiger partial charge in [0, 0.05) is 5.57 Å². The van der Waals surface area contributed by atoms with Gasteiger partial charge in [0.25, 0.3) is 0 Å². The summed E-state index contributed by atoms with van der Waals surface area (Å²) < 4.78 is 0. The summed E-state index contributed by atoms with van der Waals surface area (Å²) in [6.07, 6.45) is 1.06. The van der Waals surface area contributed by atoms with Crippen LogP contribution in [0, 0.1) is 0 Å². The first-order chi connectivity index (χ1) is 6.74. The van der Waals surface area contributed by atoms with E-state index in [9.17, 15) is 0 Å². The molecule has 1 nitrogen and oxygen atoms in total. The molecule has 0 bridgehead atoms. The van der Waals surface area contributed by atoms with Crippen molar-refractivity contribution in [1.82, 2.24) is 0 Å². The van der Waals surface area contributed by atoms with Crippen molar-refractivity contribution in [3.8, 4) is 0 Å². The van der Waals surface area contributed by atoms with E-state index < -0.39 is 0 Å². The van der Waals surface area contributed by atoms with Gasteiger partial charge in [0.05, 0.1) is 6.04 Å². The standard InChI is InChI=1S/C13H17N/c1-4-12(3)14-10-11(2)13-8-6-5-7-9-13/h5-9,12H,4H2,1-3H3. The van der Waals surface area contributed by atoms with Gasteiger partial charge in [-0.15, -0.1) is 0 Å². The van der Waals surface area contributed by atoms with Gasteiger partial charge >= 0.3 is 0 Å². The van der Waals surface area contributed by atoms with Gasteiger partial charge in [-0.2, -0.15) is 0 Å². The highest BCUT2D eigenvalue weighted by molar-refractivity contribution is 5.88. The van der Waals surface area contributed by atoms with Crippen LogP contribution in [0.5, 0.6) is 0 Å². The molecule has 0 aromatic heterocycles. The minimum Gasteiger partial charge on any atom is -0.240 e. The van der Waals surface area contributed by atoms with E-state index in [4.69, 9.17) is 0 Å². The van der Waals surface area contributed by atoms with Crippen LogP contribution < -0.4 is 0 Å². The molecule has 0 radical (unpaired) electrons. The van der Waals surface area contributed by atoms with Crippen LogP contribution in [0.25, 0.3) is 5.57 Å². The Hall–Kier alpha value is -1.33. The van der Waals surface area contributed by atoms with Crippen LogP contribution in [0.4, 0.5) is 0 Å². The molecule has 1 rings (SSSR count). The number of allylic oxidation sites excluding steroid dienone is 1. The monoisotopic (exact) mass is 187 g/mol. The minimum atomic E-state index is 0.369. The number of aliphatic imine (C=N–C) groups is 1. The van der Waals surface area contributed by atoms with Crippen LogP contribution in [-0.2, 0) is 0 Å². The molecule has 0 fully saturated rings. The maximum atomic E-state index is 4.33. The summed E-state index contributed by atoms with van der Waals surface area (Å²) in [5.41, 5.74) is 2.30. The number of hydrogen-bond acceptors (Lipinski definition) is 1. The fourth-order valence-corrected chi connectivity index (χ4v) is 1.05. The second kappa shape index (κ2) is 5.41. The number of benzene rings is 1. The van der Waals surface area contributed by atoms with Crippen LogP contribution in [0.15, 0.2) is 35.3 Å². The van der Waals surface area contributed by atoms with Gasteiger partial charge in [-0.25, -0.2) is 4.99 Å². The minimum absolute atomic E-state index is 0.369. The quantitative estimate of drug-likeness (QED) is 0.642. The van der Waals surface area contributed by atoms with Crippen LogP contribution in [0.2, 0.25) is 0 Å². The van der Waals surface area contributed by atoms with Crippen molar-refractivity contribution in [2.45, 2.75) is 33.2 Å². The molecular formula is C13H17N. The Morgan fingerprint density at radius 3 is 2.57 bits per heavy atom. The molecule has 0 spiro atoms. The molecule has 0 saturated heterocycles. The molecule has 0 heterocycles. The second-order valence-electron chi connectivity index (χ2n) is 3.49. The zero-order chi connectivity index (χ0) is 10.4. The molecule has 0 amide bonds. The number of nitrogens with zero attached hydrogens (tertiary/aromatic N) is 1. The van der Waals surface area contributed by atoms with Crippen molar-refractivity contribution in [3.63, 3.8) is 0 Å². The zero-order valence-corrected chi connectivity index (χ0v) is 9.12. The summed E-state index contributed by atoms with van der Waals surface area (Å²) in [6, 6.07) is 10.6. The number of rotatable bonds is 3. The van der Waals surface area contributed by atoms with E-state index in [-0.39, 0.29) is 0 Å². The zero-order valence-electron chi connectivity index (χ0n) is 9.12. The molecule has 1 unspecified atom stereocenters. The van der Waals surface area contributed by atoms with Gasteiger partial charge in [0.15, 0.2) is 0 Å². The van der Waals surface area contributed by atoms with Gasteiger partial charge in [0.1, 0.15) is 0 Å². The predicted octanol–water partition coefficient (Wildman–Crippen LogP) is 3.56. The average molecular weight is 187 g/mol. The van der Waals surface area contributed by atoms with Crippen molar-refractivity contribution < 1.29 is 0 Å². The van der Waals surface area contributed by atoms with Crippen molar-refractivity contribution in [2.24, 2.45) is 4.99 Å². The molecule has 0 aliphatic heterocycles. The van der Waals surface area contributed by atoms with Crippen LogP contribution in [0.1, 0.15) is 32.8 Å². The van der Waals surface area contributed by atoms with E-state index in [1.54, 1.807) is 0 Å². The van der Waals surface area contributed by atoms with Crippen molar-refractivity contribution in [1.29, 1.82) is 0 Å². The normalized spacial score (nSPS) is 11.6. The lowest BCUT2D eigenvalue weighted by Gasteiger charge is -1.98. The first kappa shape index (κ1) is 10.7. The fourth-order valence-electron chi connectivity index (χ4n) is 1.05. The lowest BCUT2D eigenvalue weighted by atomic mass is 10.1. The third-order valence-electron chi connectivity index (χ3n) is 2.25. The van der Waals surface area contributed by atoms with E-state index in [2.05, 4.69) is 36.8 Å². The third kappa shape index (κ3) is 3.20. The molecule has 1 atom stereocenters. The molecule has 74 valence electrons. The second-order valence-corrected chi connectivity index (χ2v) is 3.49. The van der Waals surface area contributed by atoms with Gasteiger partial charge in [-0.05, 0) is 31.7 Å². The van der Waals surface area contributed by atoms with Gasteiger partial charge in [-0.3, -0.25) is 0 Å². The molecule has 1 heteroatoms. The molecule has 1 aromatic rings. The highest BCUT2D eigenvalue weighted by atomic mass is 14.7. The first-order valence-electron chi connectivity index (χ1n) is 5.09.